The number of carbonyl (C=O) groups is 1. The molecule has 4 rings (SSSR count). The van der Waals surface area contributed by atoms with E-state index < -0.39 is 0 Å². The van der Waals surface area contributed by atoms with Gasteiger partial charge in [0.05, 0.1) is 24.9 Å². The highest BCUT2D eigenvalue weighted by Gasteiger charge is 2.30. The molecule has 1 N–H and O–H groups in total. The Hall–Kier alpha value is -2.45. The zero-order valence-electron chi connectivity index (χ0n) is 16.2. The highest BCUT2D eigenvalue weighted by Crippen LogP contribution is 2.33. The number of amides is 1. The summed E-state index contributed by atoms with van der Waals surface area (Å²) in [5, 5.41) is 11.1. The summed E-state index contributed by atoms with van der Waals surface area (Å²) in [5.74, 6) is 0.749. The summed E-state index contributed by atoms with van der Waals surface area (Å²) in [6.45, 7) is 3.93. The van der Waals surface area contributed by atoms with Crippen molar-refractivity contribution in [3.63, 3.8) is 0 Å². The van der Waals surface area contributed by atoms with Crippen molar-refractivity contribution in [3.8, 4) is 5.75 Å². The van der Waals surface area contributed by atoms with Crippen LogP contribution in [0.5, 0.6) is 5.75 Å². The number of nitrogens with one attached hydrogen (secondary N) is 1. The normalized spacial score (nSPS) is 17.3. The van der Waals surface area contributed by atoms with Gasteiger partial charge < -0.3 is 14.8 Å². The summed E-state index contributed by atoms with van der Waals surface area (Å²) in [7, 11) is 1.69. The average molecular weight is 385 g/mol. The van der Waals surface area contributed by atoms with Gasteiger partial charge in [-0.05, 0) is 30.5 Å². The van der Waals surface area contributed by atoms with E-state index in [1.54, 1.807) is 18.0 Å². The van der Waals surface area contributed by atoms with Crippen molar-refractivity contribution in [2.45, 2.75) is 37.9 Å². The van der Waals surface area contributed by atoms with Crippen LogP contribution in [-0.4, -0.2) is 65.3 Å². The molecule has 28 heavy (non-hydrogen) atoms. The Morgan fingerprint density at radius 2 is 2.00 bits per heavy atom. The summed E-state index contributed by atoms with van der Waals surface area (Å²) >= 11 is 0. The molecule has 0 spiro atoms. The van der Waals surface area contributed by atoms with Gasteiger partial charge in [0.2, 0.25) is 0 Å². The Kier molecular flexibility index (Phi) is 5.87. The molecule has 150 valence electrons. The molecule has 1 aromatic heterocycles. The lowest BCUT2D eigenvalue weighted by molar-refractivity contribution is 0.0790. The van der Waals surface area contributed by atoms with E-state index >= 15 is 0 Å². The lowest BCUT2D eigenvalue weighted by Crippen LogP contribution is -2.58. The van der Waals surface area contributed by atoms with Gasteiger partial charge in [-0.15, -0.1) is 5.10 Å². The highest BCUT2D eigenvalue weighted by atomic mass is 16.5. The van der Waals surface area contributed by atoms with Gasteiger partial charge in [-0.3, -0.25) is 9.69 Å². The van der Waals surface area contributed by atoms with E-state index in [4.69, 9.17) is 9.47 Å². The number of carbonyl (C=O) groups excluding carboxylic acids is 1. The molecule has 2 aromatic rings. The molecule has 0 bridgehead atoms. The van der Waals surface area contributed by atoms with Crippen LogP contribution in [0.25, 0.3) is 0 Å². The van der Waals surface area contributed by atoms with Gasteiger partial charge in [-0.1, -0.05) is 17.3 Å². The minimum absolute atomic E-state index is 0.133. The fourth-order valence-corrected chi connectivity index (χ4v) is 3.29. The molecule has 1 aliphatic carbocycles. The Balaban J connectivity index is 1.16. The van der Waals surface area contributed by atoms with E-state index in [1.165, 1.54) is 5.56 Å². The first kappa shape index (κ1) is 18.9. The molecule has 2 fully saturated rings. The number of hydrogen-bond acceptors (Lipinski definition) is 6. The topological polar surface area (TPSA) is 81.5 Å². The van der Waals surface area contributed by atoms with Crippen LogP contribution in [0.4, 0.5) is 0 Å². The molecule has 0 unspecified atom stereocenters. The standard InChI is InChI=1S/C20H27N5O3/c1-27-9-2-10-28-18-7-3-15(4-8-18)11-24-12-16(13-24)21-20(26)19-14-25(23-22-19)17-5-6-17/h3-4,7-8,14,16-17H,2,5-6,9-13H2,1H3,(H,21,26). The van der Waals surface area contributed by atoms with Crippen LogP contribution in [0.15, 0.2) is 30.5 Å². The molecule has 0 radical (unpaired) electrons. The number of aromatic nitrogens is 3. The first-order valence-electron chi connectivity index (χ1n) is 9.87. The van der Waals surface area contributed by atoms with Crippen LogP contribution in [0.1, 0.15) is 41.4 Å². The van der Waals surface area contributed by atoms with Crippen molar-refractivity contribution >= 4 is 5.91 Å². The van der Waals surface area contributed by atoms with Crippen molar-refractivity contribution < 1.29 is 14.3 Å². The lowest BCUT2D eigenvalue weighted by Gasteiger charge is -2.39. The van der Waals surface area contributed by atoms with Crippen molar-refractivity contribution in [2.75, 3.05) is 33.4 Å². The summed E-state index contributed by atoms with van der Waals surface area (Å²) < 4.78 is 12.5. The van der Waals surface area contributed by atoms with Gasteiger partial charge in [0, 0.05) is 39.8 Å². The Morgan fingerprint density at radius 1 is 1.21 bits per heavy atom. The number of ether oxygens (including phenoxy) is 2. The molecule has 8 heteroatoms. The van der Waals surface area contributed by atoms with E-state index in [2.05, 4.69) is 32.7 Å². The predicted octanol–water partition coefficient (Wildman–Crippen LogP) is 1.64. The molecule has 1 saturated carbocycles. The maximum atomic E-state index is 12.3. The Bertz CT molecular complexity index is 781. The molecular weight excluding hydrogens is 358 g/mol. The minimum atomic E-state index is -0.133. The summed E-state index contributed by atoms with van der Waals surface area (Å²) in [5.41, 5.74) is 1.65. The molecule has 1 amide bonds. The predicted molar refractivity (Wildman–Crippen MR) is 103 cm³/mol. The van der Waals surface area contributed by atoms with E-state index in [9.17, 15) is 4.79 Å². The lowest BCUT2D eigenvalue weighted by atomic mass is 10.1. The molecule has 1 saturated heterocycles. The average Bonchev–Trinajstić information content (AvgIpc) is 3.41. The smallest absolute Gasteiger partial charge is 0.273 e. The number of hydrogen-bond donors (Lipinski definition) is 1. The van der Waals surface area contributed by atoms with Gasteiger partial charge in [0.1, 0.15) is 5.75 Å². The molecule has 2 aliphatic rings. The third kappa shape index (κ3) is 4.88. The van der Waals surface area contributed by atoms with Gasteiger partial charge in [0.15, 0.2) is 5.69 Å². The Labute approximate surface area is 164 Å². The largest absolute Gasteiger partial charge is 0.494 e. The number of methoxy groups -OCH3 is 1. The van der Waals surface area contributed by atoms with Gasteiger partial charge in [-0.2, -0.15) is 0 Å². The maximum Gasteiger partial charge on any atom is 0.273 e. The molecule has 8 nitrogen and oxygen atoms in total. The number of nitrogens with zero attached hydrogens (tertiary/aromatic N) is 4. The van der Waals surface area contributed by atoms with Crippen LogP contribution in [0, 0.1) is 0 Å². The molecule has 2 heterocycles. The quantitative estimate of drug-likeness (QED) is 0.626. The van der Waals surface area contributed by atoms with Crippen LogP contribution in [-0.2, 0) is 11.3 Å². The van der Waals surface area contributed by atoms with Crippen LogP contribution in [0.3, 0.4) is 0 Å². The van der Waals surface area contributed by atoms with E-state index in [0.717, 1.165) is 44.6 Å². The molecule has 0 atom stereocenters. The summed E-state index contributed by atoms with van der Waals surface area (Å²) in [4.78, 5) is 14.6. The third-order valence-corrected chi connectivity index (χ3v) is 5.05. The second-order valence-electron chi connectivity index (χ2n) is 7.52. The van der Waals surface area contributed by atoms with Crippen molar-refractivity contribution in [1.82, 2.24) is 25.2 Å². The summed E-state index contributed by atoms with van der Waals surface area (Å²) in [6.07, 6.45) is 4.89. The van der Waals surface area contributed by atoms with Crippen LogP contribution >= 0.6 is 0 Å². The molecular formula is C20H27N5O3. The van der Waals surface area contributed by atoms with Crippen LogP contribution in [0.2, 0.25) is 0 Å². The minimum Gasteiger partial charge on any atom is -0.494 e. The second kappa shape index (κ2) is 8.70. The third-order valence-electron chi connectivity index (χ3n) is 5.05. The van der Waals surface area contributed by atoms with E-state index in [0.29, 0.717) is 24.9 Å². The van der Waals surface area contributed by atoms with Crippen molar-refractivity contribution in [3.05, 3.63) is 41.7 Å². The molecule has 1 aliphatic heterocycles. The second-order valence-corrected chi connectivity index (χ2v) is 7.52. The van der Waals surface area contributed by atoms with Crippen LogP contribution < -0.4 is 10.1 Å². The summed E-state index contributed by atoms with van der Waals surface area (Å²) in [6, 6.07) is 8.80. The van der Waals surface area contributed by atoms with Crippen molar-refractivity contribution in [1.29, 1.82) is 0 Å². The Morgan fingerprint density at radius 3 is 2.71 bits per heavy atom. The van der Waals surface area contributed by atoms with Gasteiger partial charge in [-0.25, -0.2) is 4.68 Å². The highest BCUT2D eigenvalue weighted by molar-refractivity contribution is 5.92. The van der Waals surface area contributed by atoms with Crippen molar-refractivity contribution in [2.24, 2.45) is 0 Å². The fraction of sp³-hybridized carbons (Fsp3) is 0.550. The first-order chi connectivity index (χ1) is 13.7. The maximum absolute atomic E-state index is 12.3. The number of rotatable bonds is 10. The van der Waals surface area contributed by atoms with E-state index in [-0.39, 0.29) is 11.9 Å². The molecule has 1 aromatic carbocycles. The fourth-order valence-electron chi connectivity index (χ4n) is 3.29. The van der Waals surface area contributed by atoms with Gasteiger partial charge >= 0.3 is 0 Å². The first-order valence-corrected chi connectivity index (χ1v) is 9.87. The zero-order valence-corrected chi connectivity index (χ0v) is 16.2. The number of likely N-dealkylation sites (tertiary alicyclic amines) is 1. The zero-order chi connectivity index (χ0) is 19.3. The van der Waals surface area contributed by atoms with E-state index in [1.807, 2.05) is 12.1 Å². The number of benzene rings is 1. The SMILES string of the molecule is COCCCOc1ccc(CN2CC(NC(=O)c3cn(C4CC4)nn3)C2)cc1. The monoisotopic (exact) mass is 385 g/mol. The van der Waals surface area contributed by atoms with Gasteiger partial charge in [0.25, 0.3) is 5.91 Å².